The Labute approximate surface area is 176 Å². The summed E-state index contributed by atoms with van der Waals surface area (Å²) in [5, 5.41) is 7.98. The highest BCUT2D eigenvalue weighted by atomic mass is 127. The standard InChI is InChI=1S/C19H36N6.HI/c1-7-20-19(21-12-18-15(4)22-23(6)16(18)5)25-11-10-17(14-25)13-24(8-2)9-3;/h17H,7-14H2,1-6H3,(H,20,21);1H. The predicted octanol–water partition coefficient (Wildman–Crippen LogP) is 2.78. The van der Waals surface area contributed by atoms with Gasteiger partial charge in [-0.1, -0.05) is 13.8 Å². The van der Waals surface area contributed by atoms with Gasteiger partial charge in [-0.3, -0.25) is 4.68 Å². The molecule has 0 bridgehead atoms. The summed E-state index contributed by atoms with van der Waals surface area (Å²) in [7, 11) is 2.00. The predicted molar refractivity (Wildman–Crippen MR) is 120 cm³/mol. The summed E-state index contributed by atoms with van der Waals surface area (Å²) in [6.07, 6.45) is 1.26. The maximum Gasteiger partial charge on any atom is 0.194 e. The summed E-state index contributed by atoms with van der Waals surface area (Å²) in [6.45, 7) is 18.1. The molecule has 1 N–H and O–H groups in total. The van der Waals surface area contributed by atoms with E-state index in [9.17, 15) is 0 Å². The molecule has 2 rings (SSSR count). The maximum absolute atomic E-state index is 4.92. The molecule has 0 amide bonds. The zero-order valence-electron chi connectivity index (χ0n) is 17.4. The second kappa shape index (κ2) is 11.1. The number of rotatable bonds is 7. The first-order valence-corrected chi connectivity index (χ1v) is 9.74. The van der Waals surface area contributed by atoms with E-state index >= 15 is 0 Å². The molecule has 0 spiro atoms. The molecule has 1 aromatic rings. The largest absolute Gasteiger partial charge is 0.357 e. The first-order chi connectivity index (χ1) is 12.0. The van der Waals surface area contributed by atoms with Crippen LogP contribution < -0.4 is 5.32 Å². The van der Waals surface area contributed by atoms with Crippen molar-refractivity contribution < 1.29 is 0 Å². The van der Waals surface area contributed by atoms with E-state index in [-0.39, 0.29) is 24.0 Å². The van der Waals surface area contributed by atoms with Crippen molar-refractivity contribution in [1.29, 1.82) is 0 Å². The molecule has 7 heteroatoms. The van der Waals surface area contributed by atoms with Gasteiger partial charge in [0.05, 0.1) is 12.2 Å². The van der Waals surface area contributed by atoms with Crippen LogP contribution in [0.3, 0.4) is 0 Å². The van der Waals surface area contributed by atoms with E-state index < -0.39 is 0 Å². The van der Waals surface area contributed by atoms with Crippen LogP contribution >= 0.6 is 24.0 Å². The van der Waals surface area contributed by atoms with E-state index in [1.165, 1.54) is 24.2 Å². The Morgan fingerprint density at radius 1 is 1.27 bits per heavy atom. The van der Waals surface area contributed by atoms with Crippen LogP contribution in [-0.4, -0.2) is 64.8 Å². The number of hydrogen-bond acceptors (Lipinski definition) is 3. The fourth-order valence-corrected chi connectivity index (χ4v) is 3.65. The second-order valence-corrected chi connectivity index (χ2v) is 7.03. The SMILES string of the molecule is CCNC(=NCc1c(C)nn(C)c1C)N1CCC(CN(CC)CC)C1.I. The van der Waals surface area contributed by atoms with Gasteiger partial charge in [0.2, 0.25) is 0 Å². The third-order valence-corrected chi connectivity index (χ3v) is 5.38. The molecule has 1 aliphatic heterocycles. The zero-order chi connectivity index (χ0) is 18.4. The number of aliphatic imine (C=N–C) groups is 1. The molecule has 0 aromatic carbocycles. The van der Waals surface area contributed by atoms with Gasteiger partial charge in [-0.05, 0) is 46.2 Å². The van der Waals surface area contributed by atoms with Gasteiger partial charge in [-0.2, -0.15) is 5.10 Å². The van der Waals surface area contributed by atoms with Gasteiger partial charge in [-0.25, -0.2) is 4.99 Å². The van der Waals surface area contributed by atoms with Gasteiger partial charge < -0.3 is 15.1 Å². The minimum Gasteiger partial charge on any atom is -0.357 e. The van der Waals surface area contributed by atoms with E-state index in [4.69, 9.17) is 4.99 Å². The monoisotopic (exact) mass is 476 g/mol. The third kappa shape index (κ3) is 5.84. The lowest BCUT2D eigenvalue weighted by molar-refractivity contribution is 0.255. The number of guanidine groups is 1. The third-order valence-electron chi connectivity index (χ3n) is 5.38. The van der Waals surface area contributed by atoms with E-state index in [2.05, 4.69) is 54.8 Å². The summed E-state index contributed by atoms with van der Waals surface area (Å²) < 4.78 is 1.95. The molecule has 0 saturated carbocycles. The molecule has 1 fully saturated rings. The minimum atomic E-state index is 0. The Morgan fingerprint density at radius 3 is 2.50 bits per heavy atom. The molecule has 1 aliphatic rings. The van der Waals surface area contributed by atoms with Crippen LogP contribution in [0.25, 0.3) is 0 Å². The first kappa shape index (κ1) is 23.2. The summed E-state index contributed by atoms with van der Waals surface area (Å²) in [5.41, 5.74) is 3.54. The van der Waals surface area contributed by atoms with Crippen molar-refractivity contribution in [1.82, 2.24) is 24.9 Å². The average Bonchev–Trinajstić information content (AvgIpc) is 3.15. The van der Waals surface area contributed by atoms with Crippen LogP contribution in [0, 0.1) is 19.8 Å². The van der Waals surface area contributed by atoms with Crippen LogP contribution in [0.5, 0.6) is 0 Å². The first-order valence-electron chi connectivity index (χ1n) is 9.74. The van der Waals surface area contributed by atoms with Crippen LogP contribution in [0.2, 0.25) is 0 Å². The van der Waals surface area contributed by atoms with E-state index in [0.29, 0.717) is 6.54 Å². The smallest absolute Gasteiger partial charge is 0.194 e. The van der Waals surface area contributed by atoms with Crippen molar-refractivity contribution in [2.75, 3.05) is 39.3 Å². The van der Waals surface area contributed by atoms with E-state index in [1.54, 1.807) is 0 Å². The average molecular weight is 476 g/mol. The highest BCUT2D eigenvalue weighted by molar-refractivity contribution is 14.0. The molecule has 150 valence electrons. The maximum atomic E-state index is 4.92. The highest BCUT2D eigenvalue weighted by Crippen LogP contribution is 2.19. The molecule has 26 heavy (non-hydrogen) atoms. The summed E-state index contributed by atoms with van der Waals surface area (Å²) in [5.74, 6) is 1.79. The van der Waals surface area contributed by atoms with Gasteiger partial charge >= 0.3 is 0 Å². The van der Waals surface area contributed by atoms with Crippen molar-refractivity contribution in [2.24, 2.45) is 18.0 Å². The molecule has 6 nitrogen and oxygen atoms in total. The van der Waals surface area contributed by atoms with Crippen molar-refractivity contribution in [3.8, 4) is 0 Å². The fourth-order valence-electron chi connectivity index (χ4n) is 3.65. The van der Waals surface area contributed by atoms with Gasteiger partial charge in [0, 0.05) is 44.5 Å². The molecular formula is C19H37IN6. The molecule has 0 radical (unpaired) electrons. The van der Waals surface area contributed by atoms with Crippen LogP contribution in [0.4, 0.5) is 0 Å². The van der Waals surface area contributed by atoms with E-state index in [0.717, 1.165) is 50.3 Å². The summed E-state index contributed by atoms with van der Waals surface area (Å²) >= 11 is 0. The lowest BCUT2D eigenvalue weighted by Gasteiger charge is -2.24. The number of aryl methyl sites for hydroxylation is 2. The Morgan fingerprint density at radius 2 is 1.96 bits per heavy atom. The quantitative estimate of drug-likeness (QED) is 0.374. The molecule has 1 saturated heterocycles. The Hall–Kier alpha value is -0.830. The number of nitrogens with one attached hydrogen (secondary N) is 1. The van der Waals surface area contributed by atoms with Crippen LogP contribution in [0.1, 0.15) is 44.1 Å². The molecule has 2 heterocycles. The molecule has 1 unspecified atom stereocenters. The van der Waals surface area contributed by atoms with Gasteiger partial charge in [0.1, 0.15) is 0 Å². The number of hydrogen-bond donors (Lipinski definition) is 1. The van der Waals surface area contributed by atoms with Gasteiger partial charge in [-0.15, -0.1) is 24.0 Å². The lowest BCUT2D eigenvalue weighted by Crippen LogP contribution is -2.40. The van der Waals surface area contributed by atoms with Crippen molar-refractivity contribution in [3.05, 3.63) is 17.0 Å². The minimum absolute atomic E-state index is 0. The lowest BCUT2D eigenvalue weighted by atomic mass is 10.1. The molecule has 0 aliphatic carbocycles. The number of halogens is 1. The number of likely N-dealkylation sites (tertiary alicyclic amines) is 1. The molecule has 1 aromatic heterocycles. The van der Waals surface area contributed by atoms with Gasteiger partial charge in [0.15, 0.2) is 5.96 Å². The molecular weight excluding hydrogens is 439 g/mol. The van der Waals surface area contributed by atoms with Crippen molar-refractivity contribution in [3.63, 3.8) is 0 Å². The molecule has 1 atom stereocenters. The Balaban J connectivity index is 0.00000338. The zero-order valence-corrected chi connectivity index (χ0v) is 19.7. The normalized spacial score (nSPS) is 17.7. The van der Waals surface area contributed by atoms with Crippen LogP contribution in [-0.2, 0) is 13.6 Å². The Bertz CT molecular complexity index is 579. The topological polar surface area (TPSA) is 48.7 Å². The summed E-state index contributed by atoms with van der Waals surface area (Å²) in [4.78, 5) is 9.88. The van der Waals surface area contributed by atoms with Crippen molar-refractivity contribution in [2.45, 2.75) is 47.6 Å². The Kier molecular flexibility index (Phi) is 9.92. The number of nitrogens with zero attached hydrogens (tertiary/aromatic N) is 5. The second-order valence-electron chi connectivity index (χ2n) is 7.03. The fraction of sp³-hybridized carbons (Fsp3) is 0.789. The number of aromatic nitrogens is 2. The van der Waals surface area contributed by atoms with Crippen molar-refractivity contribution >= 4 is 29.9 Å². The van der Waals surface area contributed by atoms with Crippen LogP contribution in [0.15, 0.2) is 4.99 Å². The summed E-state index contributed by atoms with van der Waals surface area (Å²) in [6, 6.07) is 0. The van der Waals surface area contributed by atoms with E-state index in [1.807, 2.05) is 11.7 Å². The van der Waals surface area contributed by atoms with Gasteiger partial charge in [0.25, 0.3) is 0 Å². The highest BCUT2D eigenvalue weighted by Gasteiger charge is 2.26.